The van der Waals surface area contributed by atoms with Crippen molar-refractivity contribution in [1.29, 1.82) is 0 Å². The number of nitrogens with zero attached hydrogens (tertiary/aromatic N) is 1. The van der Waals surface area contributed by atoms with Crippen LogP contribution < -0.4 is 4.90 Å². The van der Waals surface area contributed by atoms with Crippen LogP contribution in [-0.2, 0) is 10.2 Å². The molecule has 2 aromatic carbocycles. The van der Waals surface area contributed by atoms with Gasteiger partial charge in [0.05, 0.1) is 30.1 Å². The fourth-order valence-electron chi connectivity index (χ4n) is 4.33. The third-order valence-corrected chi connectivity index (χ3v) is 5.74. The molecule has 0 spiro atoms. The third-order valence-electron chi connectivity index (χ3n) is 5.74. The van der Waals surface area contributed by atoms with Crippen LogP contribution >= 0.6 is 0 Å². The van der Waals surface area contributed by atoms with Crippen LogP contribution in [0.15, 0.2) is 60.7 Å². The van der Waals surface area contributed by atoms with E-state index in [9.17, 15) is 4.79 Å². The van der Waals surface area contributed by atoms with E-state index in [1.165, 1.54) is 32.4 Å². The number of rotatable bonds is 7. The highest BCUT2D eigenvalue weighted by Crippen LogP contribution is 2.37. The van der Waals surface area contributed by atoms with E-state index >= 15 is 0 Å². The summed E-state index contributed by atoms with van der Waals surface area (Å²) in [6.07, 6.45) is 5.46. The van der Waals surface area contributed by atoms with Crippen molar-refractivity contribution in [1.82, 2.24) is 0 Å². The van der Waals surface area contributed by atoms with Crippen LogP contribution in [0.5, 0.6) is 0 Å². The number of Topliss-reactive ketones (excluding diaryl/α,β-unsaturated/α-hetero) is 1. The normalized spacial score (nSPS) is 14.5. The first-order chi connectivity index (χ1) is 14.0. The van der Waals surface area contributed by atoms with Crippen molar-refractivity contribution in [3.8, 4) is 0 Å². The molecule has 0 saturated carbocycles. The van der Waals surface area contributed by atoms with E-state index < -0.39 is 10.5 Å². The molecule has 0 aliphatic carbocycles. The summed E-state index contributed by atoms with van der Waals surface area (Å²) in [4.78, 5) is 23.2. The van der Waals surface area contributed by atoms with E-state index in [1.807, 2.05) is 19.1 Å². The molecule has 6 nitrogen and oxygen atoms in total. The Bertz CT molecular complexity index is 715. The molecule has 0 aromatic heterocycles. The highest BCUT2D eigenvalue weighted by molar-refractivity contribution is 5.93. The van der Waals surface area contributed by atoms with Crippen LogP contribution in [0.3, 0.4) is 0 Å². The third kappa shape index (κ3) is 6.12. The number of benzene rings is 2. The van der Waals surface area contributed by atoms with Gasteiger partial charge in [0.1, 0.15) is 5.78 Å². The number of quaternary nitrogens is 1. The van der Waals surface area contributed by atoms with Gasteiger partial charge < -0.3 is 20.2 Å². The van der Waals surface area contributed by atoms with Gasteiger partial charge in [0.15, 0.2) is 0 Å². The highest BCUT2D eigenvalue weighted by Gasteiger charge is 2.41. The summed E-state index contributed by atoms with van der Waals surface area (Å²) >= 11 is 0. The molecule has 0 unspecified atom stereocenters. The quantitative estimate of drug-likeness (QED) is 0.573. The molecule has 1 aliphatic heterocycles. The first kappa shape index (κ1) is 22.6. The van der Waals surface area contributed by atoms with Crippen LogP contribution in [0, 0.1) is 15.3 Å². The SMILES string of the molecule is CCC(=O)C(CC[NH+]1CCCCC1)(c1ccccc1)c1ccccc1.O=[N+]([O-])[O-]. The molecule has 1 saturated heterocycles. The van der Waals surface area contributed by atoms with Crippen molar-refractivity contribution >= 4 is 5.78 Å². The van der Waals surface area contributed by atoms with E-state index in [4.69, 9.17) is 15.3 Å². The molecule has 6 heteroatoms. The number of hydrogen-bond donors (Lipinski definition) is 1. The predicted molar refractivity (Wildman–Crippen MR) is 113 cm³/mol. The standard InChI is InChI=1S/C23H29NO.NO3/c1-2-22(25)23(20-12-6-3-7-13-20,21-14-8-4-9-15-21)16-19-24-17-10-5-11-18-24;2-1(3)4/h3-4,6-9,12-15H,2,5,10-11,16-19H2,1H3;/q;-1/p+1. The molecule has 1 heterocycles. The van der Waals surface area contributed by atoms with Crippen LogP contribution in [0.4, 0.5) is 0 Å². The molecule has 0 radical (unpaired) electrons. The average molecular weight is 399 g/mol. The summed E-state index contributed by atoms with van der Waals surface area (Å²) < 4.78 is 0. The zero-order valence-electron chi connectivity index (χ0n) is 17.0. The molecular weight excluding hydrogens is 368 g/mol. The average Bonchev–Trinajstić information content (AvgIpc) is 2.76. The Balaban J connectivity index is 0.000000687. The molecule has 1 aliphatic rings. The number of hydrogen-bond acceptors (Lipinski definition) is 4. The Labute approximate surface area is 172 Å². The van der Waals surface area contributed by atoms with E-state index in [-0.39, 0.29) is 0 Å². The Kier molecular flexibility index (Phi) is 8.80. The van der Waals surface area contributed by atoms with E-state index in [2.05, 4.69) is 48.5 Å². The molecule has 0 bridgehead atoms. The minimum absolute atomic E-state index is 0.335. The largest absolute Gasteiger partial charge is 0.356 e. The van der Waals surface area contributed by atoms with Gasteiger partial charge >= 0.3 is 0 Å². The van der Waals surface area contributed by atoms with Crippen molar-refractivity contribution < 1.29 is 14.8 Å². The van der Waals surface area contributed by atoms with E-state index in [1.54, 1.807) is 4.90 Å². The van der Waals surface area contributed by atoms with Gasteiger partial charge in [-0.1, -0.05) is 67.6 Å². The van der Waals surface area contributed by atoms with Gasteiger partial charge in [-0.05, 0) is 30.4 Å². The predicted octanol–water partition coefficient (Wildman–Crippen LogP) is 3.17. The lowest BCUT2D eigenvalue weighted by Crippen LogP contribution is -3.13. The van der Waals surface area contributed by atoms with Gasteiger partial charge in [-0.15, -0.1) is 0 Å². The van der Waals surface area contributed by atoms with E-state index in [0.717, 1.165) is 24.1 Å². The minimum Gasteiger partial charge on any atom is -0.356 e. The van der Waals surface area contributed by atoms with Gasteiger partial charge in [-0.25, -0.2) is 0 Å². The monoisotopic (exact) mass is 398 g/mol. The van der Waals surface area contributed by atoms with Crippen molar-refractivity contribution in [3.63, 3.8) is 0 Å². The maximum absolute atomic E-state index is 13.3. The van der Waals surface area contributed by atoms with E-state index in [0.29, 0.717) is 12.2 Å². The maximum atomic E-state index is 13.3. The lowest BCUT2D eigenvalue weighted by atomic mass is 9.68. The Morgan fingerprint density at radius 1 is 0.931 bits per heavy atom. The summed E-state index contributed by atoms with van der Waals surface area (Å²) in [5, 5.41) is 14.8. The Morgan fingerprint density at radius 3 is 1.79 bits per heavy atom. The molecule has 1 N–H and O–H groups in total. The highest BCUT2D eigenvalue weighted by atomic mass is 16.9. The summed E-state index contributed by atoms with van der Waals surface area (Å²) in [6, 6.07) is 20.8. The first-order valence-electron chi connectivity index (χ1n) is 10.3. The fourth-order valence-corrected chi connectivity index (χ4v) is 4.33. The second-order valence-electron chi connectivity index (χ2n) is 7.45. The van der Waals surface area contributed by atoms with Crippen molar-refractivity contribution in [3.05, 3.63) is 87.1 Å². The summed E-state index contributed by atoms with van der Waals surface area (Å²) in [7, 11) is 0. The Hall–Kier alpha value is -2.73. The van der Waals surface area contributed by atoms with Crippen LogP contribution in [-0.4, -0.2) is 30.5 Å². The topological polar surface area (TPSA) is 87.7 Å². The van der Waals surface area contributed by atoms with Crippen molar-refractivity contribution in [2.24, 2.45) is 0 Å². The molecule has 1 fully saturated rings. The molecule has 0 amide bonds. The van der Waals surface area contributed by atoms with Crippen molar-refractivity contribution in [2.45, 2.75) is 44.4 Å². The lowest BCUT2D eigenvalue weighted by molar-refractivity contribution is -0.905. The van der Waals surface area contributed by atoms with Gasteiger partial charge in [-0.3, -0.25) is 4.79 Å². The van der Waals surface area contributed by atoms with Gasteiger partial charge in [0.25, 0.3) is 0 Å². The number of ketones is 1. The number of piperidine rings is 1. The van der Waals surface area contributed by atoms with Gasteiger partial charge in [-0.2, -0.15) is 0 Å². The number of likely N-dealkylation sites (tertiary alicyclic amines) is 1. The zero-order chi connectivity index (χ0) is 21.1. The number of carbonyl (C=O) groups excluding carboxylic acids is 1. The fraction of sp³-hybridized carbons (Fsp3) is 0.435. The van der Waals surface area contributed by atoms with Crippen LogP contribution in [0.25, 0.3) is 0 Å². The minimum atomic E-state index is -1.75. The summed E-state index contributed by atoms with van der Waals surface area (Å²) in [5.74, 6) is 0.335. The molecular formula is C23H30N2O4. The molecule has 29 heavy (non-hydrogen) atoms. The lowest BCUT2D eigenvalue weighted by Gasteiger charge is -2.35. The van der Waals surface area contributed by atoms with Gasteiger partial charge in [0, 0.05) is 12.8 Å². The molecule has 2 aromatic rings. The summed E-state index contributed by atoms with van der Waals surface area (Å²) in [5.41, 5.74) is 1.77. The Morgan fingerprint density at radius 2 is 1.38 bits per heavy atom. The van der Waals surface area contributed by atoms with Crippen LogP contribution in [0.2, 0.25) is 0 Å². The number of carbonyl (C=O) groups is 1. The zero-order valence-corrected chi connectivity index (χ0v) is 17.0. The smallest absolute Gasteiger partial charge is 0.147 e. The van der Waals surface area contributed by atoms with Gasteiger partial charge in [0.2, 0.25) is 0 Å². The van der Waals surface area contributed by atoms with Crippen molar-refractivity contribution in [2.75, 3.05) is 19.6 Å². The molecule has 3 rings (SSSR count). The number of nitrogens with one attached hydrogen (secondary N) is 1. The second-order valence-corrected chi connectivity index (χ2v) is 7.45. The second kappa shape index (κ2) is 11.3. The van der Waals surface area contributed by atoms with Crippen LogP contribution in [0.1, 0.15) is 50.2 Å². The maximum Gasteiger partial charge on any atom is 0.147 e. The first-order valence-corrected chi connectivity index (χ1v) is 10.3. The molecule has 0 atom stereocenters. The summed E-state index contributed by atoms with van der Waals surface area (Å²) in [6.45, 7) is 5.56. The molecule has 156 valence electrons.